The van der Waals surface area contributed by atoms with Crippen molar-refractivity contribution in [3.8, 4) is 0 Å². The second kappa shape index (κ2) is 3.42. The fraction of sp³-hybridized carbons (Fsp3) is 0.571. The molecule has 0 bridgehead atoms. The zero-order valence-corrected chi connectivity index (χ0v) is 6.90. The molecule has 2 amide bonds. The molecular weight excluding hydrogens is 176 g/mol. The normalized spacial score (nSPS) is 21.5. The molecule has 13 heavy (non-hydrogen) atoms. The van der Waals surface area contributed by atoms with Gasteiger partial charge in [-0.3, -0.25) is 9.59 Å². The molecule has 0 aliphatic carbocycles. The van der Waals surface area contributed by atoms with Gasteiger partial charge < -0.3 is 15.7 Å². The Bertz CT molecular complexity index is 263. The van der Waals surface area contributed by atoms with Crippen molar-refractivity contribution < 1.29 is 19.5 Å². The van der Waals surface area contributed by atoms with Crippen LogP contribution in [-0.4, -0.2) is 40.9 Å². The third-order valence-electron chi connectivity index (χ3n) is 2.06. The van der Waals surface area contributed by atoms with Crippen LogP contribution in [0.4, 0.5) is 0 Å². The second-order valence-corrected chi connectivity index (χ2v) is 2.94. The van der Waals surface area contributed by atoms with Gasteiger partial charge in [0.15, 0.2) is 0 Å². The fourth-order valence-corrected chi connectivity index (χ4v) is 1.31. The molecule has 0 spiro atoms. The Labute approximate surface area is 74.3 Å². The summed E-state index contributed by atoms with van der Waals surface area (Å²) in [5.74, 6) is -3.35. The van der Waals surface area contributed by atoms with Gasteiger partial charge in [0.05, 0.1) is 5.92 Å². The number of amides is 2. The average Bonchev–Trinajstić information content (AvgIpc) is 2.50. The molecule has 6 nitrogen and oxygen atoms in total. The third kappa shape index (κ3) is 1.95. The Morgan fingerprint density at radius 2 is 2.00 bits per heavy atom. The first kappa shape index (κ1) is 9.50. The van der Waals surface area contributed by atoms with Crippen LogP contribution in [0.5, 0.6) is 0 Å². The van der Waals surface area contributed by atoms with Gasteiger partial charge in [-0.1, -0.05) is 0 Å². The summed E-state index contributed by atoms with van der Waals surface area (Å²) in [5, 5.41) is 8.36. The highest BCUT2D eigenvalue weighted by molar-refractivity contribution is 6.31. The summed E-state index contributed by atoms with van der Waals surface area (Å²) in [5.41, 5.74) is 5.01. The quantitative estimate of drug-likeness (QED) is 0.482. The number of carbonyl (C=O) groups excluding carboxylic acids is 2. The summed E-state index contributed by atoms with van der Waals surface area (Å²) in [4.78, 5) is 32.9. The predicted octanol–water partition coefficient (Wildman–Crippen LogP) is -1.60. The van der Waals surface area contributed by atoms with Gasteiger partial charge in [-0.05, 0) is 6.42 Å². The van der Waals surface area contributed by atoms with E-state index in [2.05, 4.69) is 0 Å². The largest absolute Gasteiger partial charge is 0.474 e. The highest BCUT2D eigenvalue weighted by atomic mass is 16.4. The van der Waals surface area contributed by atoms with Gasteiger partial charge >= 0.3 is 11.9 Å². The molecule has 0 saturated carbocycles. The molecule has 1 atom stereocenters. The number of carbonyl (C=O) groups is 3. The van der Waals surface area contributed by atoms with Crippen LogP contribution in [0.15, 0.2) is 0 Å². The first-order chi connectivity index (χ1) is 6.02. The summed E-state index contributed by atoms with van der Waals surface area (Å²) in [6, 6.07) is 0. The van der Waals surface area contributed by atoms with Gasteiger partial charge in [0.1, 0.15) is 0 Å². The molecule has 6 heteroatoms. The van der Waals surface area contributed by atoms with Gasteiger partial charge in [0, 0.05) is 13.1 Å². The lowest BCUT2D eigenvalue weighted by atomic mass is 10.1. The third-order valence-corrected chi connectivity index (χ3v) is 2.06. The molecule has 1 saturated heterocycles. The highest BCUT2D eigenvalue weighted by Crippen LogP contribution is 2.15. The van der Waals surface area contributed by atoms with Crippen LogP contribution in [-0.2, 0) is 14.4 Å². The molecule has 1 unspecified atom stereocenters. The summed E-state index contributed by atoms with van der Waals surface area (Å²) in [6.45, 7) is 0.416. The van der Waals surface area contributed by atoms with E-state index in [4.69, 9.17) is 10.8 Å². The van der Waals surface area contributed by atoms with Crippen LogP contribution in [0.25, 0.3) is 0 Å². The number of rotatable bonds is 1. The van der Waals surface area contributed by atoms with Gasteiger partial charge in [-0.25, -0.2) is 4.79 Å². The zero-order chi connectivity index (χ0) is 10.0. The lowest BCUT2D eigenvalue weighted by Gasteiger charge is -2.11. The van der Waals surface area contributed by atoms with Crippen molar-refractivity contribution >= 4 is 17.8 Å². The Hall–Kier alpha value is -1.59. The number of hydrogen-bond donors (Lipinski definition) is 2. The molecule has 1 aliphatic heterocycles. The summed E-state index contributed by atoms with van der Waals surface area (Å²) < 4.78 is 0. The minimum atomic E-state index is -1.50. The smallest absolute Gasteiger partial charge is 0.394 e. The number of carboxylic acids is 1. The molecule has 1 aliphatic rings. The number of aliphatic carboxylic acids is 1. The topological polar surface area (TPSA) is 101 Å². The molecule has 3 N–H and O–H groups in total. The molecule has 72 valence electrons. The standard InChI is InChI=1S/C7H10N2O4/c8-5(10)4-1-2-9(3-4)6(11)7(12)13/h4H,1-3H2,(H2,8,10)(H,12,13). The number of primary amides is 1. The van der Waals surface area contributed by atoms with Crippen LogP contribution >= 0.6 is 0 Å². The van der Waals surface area contributed by atoms with E-state index in [0.717, 1.165) is 4.90 Å². The van der Waals surface area contributed by atoms with Gasteiger partial charge in [-0.15, -0.1) is 0 Å². The summed E-state index contributed by atoms with van der Waals surface area (Å²) >= 11 is 0. The number of hydrogen-bond acceptors (Lipinski definition) is 3. The van der Waals surface area contributed by atoms with E-state index in [-0.39, 0.29) is 6.54 Å². The van der Waals surface area contributed by atoms with Crippen molar-refractivity contribution in [2.24, 2.45) is 11.7 Å². The first-order valence-corrected chi connectivity index (χ1v) is 3.84. The minimum Gasteiger partial charge on any atom is -0.474 e. The van der Waals surface area contributed by atoms with Crippen LogP contribution in [0.2, 0.25) is 0 Å². The molecular formula is C7H10N2O4. The lowest BCUT2D eigenvalue weighted by molar-refractivity contribution is -0.155. The Morgan fingerprint density at radius 3 is 2.38 bits per heavy atom. The summed E-state index contributed by atoms with van der Waals surface area (Å²) in [7, 11) is 0. The monoisotopic (exact) mass is 186 g/mol. The van der Waals surface area contributed by atoms with Crippen LogP contribution in [0, 0.1) is 5.92 Å². The maximum absolute atomic E-state index is 10.9. The summed E-state index contributed by atoms with van der Waals surface area (Å²) in [6.07, 6.45) is 0.453. The predicted molar refractivity (Wildman–Crippen MR) is 41.5 cm³/mol. The van der Waals surface area contributed by atoms with Crippen molar-refractivity contribution in [1.29, 1.82) is 0 Å². The van der Waals surface area contributed by atoms with Gasteiger partial charge in [-0.2, -0.15) is 0 Å². The Morgan fingerprint density at radius 1 is 1.38 bits per heavy atom. The first-order valence-electron chi connectivity index (χ1n) is 3.84. The van der Waals surface area contributed by atoms with E-state index >= 15 is 0 Å². The van der Waals surface area contributed by atoms with E-state index in [0.29, 0.717) is 13.0 Å². The average molecular weight is 186 g/mol. The Balaban J connectivity index is 2.55. The lowest BCUT2D eigenvalue weighted by Crippen LogP contribution is -2.36. The van der Waals surface area contributed by atoms with E-state index < -0.39 is 23.7 Å². The van der Waals surface area contributed by atoms with Gasteiger partial charge in [0.25, 0.3) is 0 Å². The number of nitrogens with zero attached hydrogens (tertiary/aromatic N) is 1. The number of nitrogens with two attached hydrogens (primary N) is 1. The molecule has 0 aromatic heterocycles. The molecule has 1 fully saturated rings. The van der Waals surface area contributed by atoms with Gasteiger partial charge in [0.2, 0.25) is 5.91 Å². The maximum Gasteiger partial charge on any atom is 0.394 e. The maximum atomic E-state index is 10.9. The van der Waals surface area contributed by atoms with E-state index in [9.17, 15) is 14.4 Å². The SMILES string of the molecule is NC(=O)C1CCN(C(=O)C(=O)O)C1. The van der Waals surface area contributed by atoms with Crippen molar-refractivity contribution in [2.45, 2.75) is 6.42 Å². The van der Waals surface area contributed by atoms with Crippen molar-refractivity contribution in [1.82, 2.24) is 4.90 Å². The van der Waals surface area contributed by atoms with E-state index in [1.54, 1.807) is 0 Å². The van der Waals surface area contributed by atoms with Crippen molar-refractivity contribution in [3.63, 3.8) is 0 Å². The van der Waals surface area contributed by atoms with Crippen LogP contribution in [0.1, 0.15) is 6.42 Å². The second-order valence-electron chi connectivity index (χ2n) is 2.94. The minimum absolute atomic E-state index is 0.125. The van der Waals surface area contributed by atoms with Crippen LogP contribution in [0.3, 0.4) is 0 Å². The van der Waals surface area contributed by atoms with Crippen molar-refractivity contribution in [3.05, 3.63) is 0 Å². The fourth-order valence-electron chi connectivity index (χ4n) is 1.31. The molecule has 1 heterocycles. The molecule has 0 aromatic rings. The van der Waals surface area contributed by atoms with Crippen LogP contribution < -0.4 is 5.73 Å². The van der Waals surface area contributed by atoms with E-state index in [1.807, 2.05) is 0 Å². The number of likely N-dealkylation sites (tertiary alicyclic amines) is 1. The van der Waals surface area contributed by atoms with Crippen molar-refractivity contribution in [2.75, 3.05) is 13.1 Å². The molecule has 0 aromatic carbocycles. The van der Waals surface area contributed by atoms with E-state index in [1.165, 1.54) is 0 Å². The Kier molecular flexibility index (Phi) is 2.50. The number of carboxylic acid groups (broad SMARTS) is 1. The zero-order valence-electron chi connectivity index (χ0n) is 6.90. The molecule has 0 radical (unpaired) electrons. The molecule has 1 rings (SSSR count). The highest BCUT2D eigenvalue weighted by Gasteiger charge is 2.32.